The Morgan fingerprint density at radius 2 is 2.05 bits per heavy atom. The quantitative estimate of drug-likeness (QED) is 0.895. The van der Waals surface area contributed by atoms with Gasteiger partial charge in [0.2, 0.25) is 11.9 Å². The zero-order chi connectivity index (χ0) is 13.9. The van der Waals surface area contributed by atoms with E-state index in [2.05, 4.69) is 15.0 Å². The van der Waals surface area contributed by atoms with E-state index < -0.39 is 0 Å². The van der Waals surface area contributed by atoms with Crippen molar-refractivity contribution in [3.8, 4) is 11.3 Å². The first-order chi connectivity index (χ1) is 9.78. The van der Waals surface area contributed by atoms with Crippen LogP contribution in [0.25, 0.3) is 11.3 Å². The van der Waals surface area contributed by atoms with Gasteiger partial charge in [0.15, 0.2) is 0 Å². The number of amides is 1. The van der Waals surface area contributed by atoms with Gasteiger partial charge >= 0.3 is 0 Å². The highest BCUT2D eigenvalue weighted by Gasteiger charge is 2.31. The molecule has 20 heavy (non-hydrogen) atoms. The summed E-state index contributed by atoms with van der Waals surface area (Å²) in [6.45, 7) is 0.474. The maximum absolute atomic E-state index is 11.9. The number of carbonyl (C=O) groups is 1. The number of hydrogen-bond acceptors (Lipinski definition) is 5. The number of rotatable bonds is 3. The first-order valence-corrected chi connectivity index (χ1v) is 6.42. The molecular formula is C14H14N4O2. The highest BCUT2D eigenvalue weighted by molar-refractivity contribution is 5.94. The summed E-state index contributed by atoms with van der Waals surface area (Å²) in [6.07, 6.45) is 5.37. The van der Waals surface area contributed by atoms with E-state index in [-0.39, 0.29) is 18.4 Å². The predicted molar refractivity (Wildman–Crippen MR) is 72.8 cm³/mol. The van der Waals surface area contributed by atoms with Gasteiger partial charge in [-0.15, -0.1) is 0 Å². The number of anilines is 1. The third kappa shape index (κ3) is 2.37. The van der Waals surface area contributed by atoms with Crippen LogP contribution < -0.4 is 4.90 Å². The molecule has 0 aliphatic carbocycles. The van der Waals surface area contributed by atoms with Crippen LogP contribution in [0.5, 0.6) is 0 Å². The van der Waals surface area contributed by atoms with Gasteiger partial charge in [0.25, 0.3) is 0 Å². The average molecular weight is 270 g/mol. The molecule has 1 fully saturated rings. The minimum absolute atomic E-state index is 0.00624. The summed E-state index contributed by atoms with van der Waals surface area (Å²) in [6, 6.07) is 5.51. The van der Waals surface area contributed by atoms with Crippen LogP contribution in [0.3, 0.4) is 0 Å². The number of aliphatic hydroxyl groups is 1. The molecule has 0 radical (unpaired) electrons. The topological polar surface area (TPSA) is 79.2 Å². The Bertz CT molecular complexity index is 618. The van der Waals surface area contributed by atoms with Crippen molar-refractivity contribution in [2.24, 2.45) is 5.92 Å². The molecule has 6 nitrogen and oxygen atoms in total. The van der Waals surface area contributed by atoms with Gasteiger partial charge in [-0.25, -0.2) is 9.97 Å². The standard InChI is InChI=1S/C14H14N4O2/c19-9-10-7-13(20)18(8-10)14-16-6-3-12(17-14)11-1-4-15-5-2-11/h1-6,10,19H,7-9H2. The maximum atomic E-state index is 11.9. The fourth-order valence-electron chi connectivity index (χ4n) is 2.26. The lowest BCUT2D eigenvalue weighted by Gasteiger charge is -2.14. The van der Waals surface area contributed by atoms with Crippen LogP contribution in [0.4, 0.5) is 5.95 Å². The van der Waals surface area contributed by atoms with Crippen molar-refractivity contribution in [3.05, 3.63) is 36.8 Å². The van der Waals surface area contributed by atoms with Crippen LogP contribution in [0.1, 0.15) is 6.42 Å². The summed E-state index contributed by atoms with van der Waals surface area (Å²) in [4.78, 5) is 26.0. The normalized spacial score (nSPS) is 18.6. The molecule has 3 rings (SSSR count). The highest BCUT2D eigenvalue weighted by atomic mass is 16.3. The summed E-state index contributed by atoms with van der Waals surface area (Å²) < 4.78 is 0. The Balaban J connectivity index is 1.91. The molecule has 1 amide bonds. The molecule has 1 N–H and O–H groups in total. The largest absolute Gasteiger partial charge is 0.396 e. The van der Waals surface area contributed by atoms with E-state index >= 15 is 0 Å². The van der Waals surface area contributed by atoms with Crippen molar-refractivity contribution in [1.29, 1.82) is 0 Å². The van der Waals surface area contributed by atoms with Gasteiger partial charge < -0.3 is 5.11 Å². The second-order valence-electron chi connectivity index (χ2n) is 4.73. The summed E-state index contributed by atoms with van der Waals surface area (Å²) >= 11 is 0. The lowest BCUT2D eigenvalue weighted by atomic mass is 10.1. The van der Waals surface area contributed by atoms with E-state index in [1.807, 2.05) is 12.1 Å². The van der Waals surface area contributed by atoms with Crippen LogP contribution in [-0.4, -0.2) is 39.1 Å². The lowest BCUT2D eigenvalue weighted by molar-refractivity contribution is -0.117. The fraction of sp³-hybridized carbons (Fsp3) is 0.286. The van der Waals surface area contributed by atoms with Crippen LogP contribution in [0.2, 0.25) is 0 Å². The van der Waals surface area contributed by atoms with Gasteiger partial charge in [0, 0.05) is 49.6 Å². The summed E-state index contributed by atoms with van der Waals surface area (Å²) in [5.74, 6) is 0.312. The van der Waals surface area contributed by atoms with Gasteiger partial charge in [-0.2, -0.15) is 0 Å². The molecule has 1 unspecified atom stereocenters. The molecule has 2 aromatic heterocycles. The Labute approximate surface area is 116 Å². The van der Waals surface area contributed by atoms with Gasteiger partial charge in [0.05, 0.1) is 5.69 Å². The molecule has 1 atom stereocenters. The molecule has 1 aliphatic heterocycles. The number of nitrogens with zero attached hydrogens (tertiary/aromatic N) is 4. The van der Waals surface area contributed by atoms with Crippen molar-refractivity contribution in [3.63, 3.8) is 0 Å². The molecule has 1 aliphatic rings. The molecule has 102 valence electrons. The van der Waals surface area contributed by atoms with Crippen molar-refractivity contribution in [2.75, 3.05) is 18.1 Å². The van der Waals surface area contributed by atoms with Crippen LogP contribution in [0, 0.1) is 5.92 Å². The van der Waals surface area contributed by atoms with Crippen molar-refractivity contribution >= 4 is 11.9 Å². The molecule has 0 aromatic carbocycles. The Hall–Kier alpha value is -2.34. The Kier molecular flexibility index (Phi) is 3.39. The second kappa shape index (κ2) is 5.34. The third-order valence-electron chi connectivity index (χ3n) is 3.32. The molecule has 6 heteroatoms. The Morgan fingerprint density at radius 3 is 2.75 bits per heavy atom. The number of hydrogen-bond donors (Lipinski definition) is 1. The molecule has 0 spiro atoms. The van der Waals surface area contributed by atoms with E-state index in [0.717, 1.165) is 11.3 Å². The second-order valence-corrected chi connectivity index (χ2v) is 4.73. The van der Waals surface area contributed by atoms with E-state index in [1.165, 1.54) is 4.90 Å². The molecule has 0 saturated carbocycles. The first kappa shape index (κ1) is 12.7. The average Bonchev–Trinajstić information content (AvgIpc) is 2.89. The van der Waals surface area contributed by atoms with Gasteiger partial charge in [-0.1, -0.05) is 0 Å². The number of aliphatic hydroxyl groups excluding tert-OH is 1. The van der Waals surface area contributed by atoms with E-state index in [1.54, 1.807) is 24.7 Å². The number of carbonyl (C=O) groups excluding carboxylic acids is 1. The third-order valence-corrected chi connectivity index (χ3v) is 3.32. The molecule has 3 heterocycles. The number of pyridine rings is 1. The molecule has 1 saturated heterocycles. The van der Waals surface area contributed by atoms with Crippen molar-refractivity contribution < 1.29 is 9.90 Å². The highest BCUT2D eigenvalue weighted by Crippen LogP contribution is 2.24. The first-order valence-electron chi connectivity index (χ1n) is 6.42. The summed E-state index contributed by atoms with van der Waals surface area (Å²) in [7, 11) is 0. The van der Waals surface area contributed by atoms with E-state index in [4.69, 9.17) is 5.11 Å². The Morgan fingerprint density at radius 1 is 1.25 bits per heavy atom. The van der Waals surface area contributed by atoms with Crippen LogP contribution in [0.15, 0.2) is 36.8 Å². The fourth-order valence-corrected chi connectivity index (χ4v) is 2.26. The zero-order valence-electron chi connectivity index (χ0n) is 10.8. The van der Waals surface area contributed by atoms with E-state index in [0.29, 0.717) is 18.9 Å². The van der Waals surface area contributed by atoms with Crippen molar-refractivity contribution in [1.82, 2.24) is 15.0 Å². The minimum atomic E-state index is -0.0454. The molecule has 2 aromatic rings. The smallest absolute Gasteiger partial charge is 0.232 e. The van der Waals surface area contributed by atoms with Crippen LogP contribution >= 0.6 is 0 Å². The van der Waals surface area contributed by atoms with E-state index in [9.17, 15) is 4.79 Å². The minimum Gasteiger partial charge on any atom is -0.396 e. The molecular weight excluding hydrogens is 256 g/mol. The maximum Gasteiger partial charge on any atom is 0.232 e. The summed E-state index contributed by atoms with van der Waals surface area (Å²) in [5, 5.41) is 9.15. The van der Waals surface area contributed by atoms with Gasteiger partial charge in [0.1, 0.15) is 0 Å². The SMILES string of the molecule is O=C1CC(CO)CN1c1nccc(-c2ccncc2)n1. The molecule has 0 bridgehead atoms. The number of aromatic nitrogens is 3. The summed E-state index contributed by atoms with van der Waals surface area (Å²) in [5.41, 5.74) is 1.67. The van der Waals surface area contributed by atoms with Crippen LogP contribution in [-0.2, 0) is 4.79 Å². The van der Waals surface area contributed by atoms with Gasteiger partial charge in [-0.05, 0) is 18.2 Å². The predicted octanol–water partition coefficient (Wildman–Crippen LogP) is 0.884. The lowest BCUT2D eigenvalue weighted by Crippen LogP contribution is -2.27. The monoisotopic (exact) mass is 270 g/mol. The van der Waals surface area contributed by atoms with Gasteiger partial charge in [-0.3, -0.25) is 14.7 Å². The van der Waals surface area contributed by atoms with Crippen molar-refractivity contribution in [2.45, 2.75) is 6.42 Å². The zero-order valence-corrected chi connectivity index (χ0v) is 10.8.